The van der Waals surface area contributed by atoms with Crippen molar-refractivity contribution in [2.75, 3.05) is 33.2 Å². The maximum atomic E-state index is 5.36. The van der Waals surface area contributed by atoms with E-state index in [2.05, 4.69) is 20.6 Å². The Morgan fingerprint density at radius 3 is 2.54 bits per heavy atom. The summed E-state index contributed by atoms with van der Waals surface area (Å²) in [6.07, 6.45) is 0. The molecule has 0 aliphatic rings. The van der Waals surface area contributed by atoms with Crippen molar-refractivity contribution in [1.82, 2.24) is 15.6 Å². The summed E-state index contributed by atoms with van der Waals surface area (Å²) in [5.74, 6) is 2.52. The summed E-state index contributed by atoms with van der Waals surface area (Å²) in [6, 6.07) is 13.9. The third-order valence-electron chi connectivity index (χ3n) is 3.55. The Kier molecular flexibility index (Phi) is 6.42. The van der Waals surface area contributed by atoms with E-state index in [4.69, 9.17) is 4.74 Å². The van der Waals surface area contributed by atoms with Crippen LogP contribution >= 0.6 is 0 Å². The molecule has 0 aliphatic carbocycles. The zero-order chi connectivity index (χ0) is 17.4. The molecule has 2 rings (SSSR count). The Hall–Kier alpha value is -2.76. The number of hydrogen-bond acceptors (Lipinski definition) is 4. The van der Waals surface area contributed by atoms with E-state index in [-0.39, 0.29) is 0 Å². The Labute approximate surface area is 143 Å². The standard InChI is InChI=1S/C18H25N5O/c1-19-18(20-12-14-8-5-6-10-16(14)24-4)21-13-15-9-7-11-17(22-15)23(2)3/h5-11H,12-13H2,1-4H3,(H2,19,20,21). The van der Waals surface area contributed by atoms with E-state index in [1.807, 2.05) is 61.5 Å². The Balaban J connectivity index is 1.92. The van der Waals surface area contributed by atoms with Gasteiger partial charge in [-0.05, 0) is 18.2 Å². The van der Waals surface area contributed by atoms with Crippen molar-refractivity contribution in [3.63, 3.8) is 0 Å². The van der Waals surface area contributed by atoms with E-state index in [0.717, 1.165) is 28.8 Å². The van der Waals surface area contributed by atoms with Gasteiger partial charge in [-0.3, -0.25) is 4.99 Å². The maximum absolute atomic E-state index is 5.36. The third-order valence-corrected chi connectivity index (χ3v) is 3.55. The first-order chi connectivity index (χ1) is 11.6. The van der Waals surface area contributed by atoms with Crippen LogP contribution in [0, 0.1) is 0 Å². The summed E-state index contributed by atoms with van der Waals surface area (Å²) >= 11 is 0. The minimum Gasteiger partial charge on any atom is -0.496 e. The Bertz CT molecular complexity index is 685. The average molecular weight is 327 g/mol. The zero-order valence-electron chi connectivity index (χ0n) is 14.7. The second-order valence-electron chi connectivity index (χ2n) is 5.47. The highest BCUT2D eigenvalue weighted by atomic mass is 16.5. The summed E-state index contributed by atoms with van der Waals surface area (Å²) in [5.41, 5.74) is 2.04. The predicted molar refractivity (Wildman–Crippen MR) is 98.6 cm³/mol. The average Bonchev–Trinajstić information content (AvgIpc) is 2.62. The zero-order valence-corrected chi connectivity index (χ0v) is 14.7. The van der Waals surface area contributed by atoms with Crippen molar-refractivity contribution in [3.05, 3.63) is 53.7 Å². The van der Waals surface area contributed by atoms with Crippen LogP contribution in [0.4, 0.5) is 5.82 Å². The number of nitrogens with zero attached hydrogens (tertiary/aromatic N) is 3. The van der Waals surface area contributed by atoms with E-state index >= 15 is 0 Å². The number of hydrogen-bond donors (Lipinski definition) is 2. The molecule has 0 unspecified atom stereocenters. The number of pyridine rings is 1. The molecule has 24 heavy (non-hydrogen) atoms. The minimum atomic E-state index is 0.604. The van der Waals surface area contributed by atoms with Crippen LogP contribution < -0.4 is 20.3 Å². The second-order valence-corrected chi connectivity index (χ2v) is 5.47. The number of guanidine groups is 1. The van der Waals surface area contributed by atoms with Crippen molar-refractivity contribution in [2.24, 2.45) is 4.99 Å². The summed E-state index contributed by atoms with van der Waals surface area (Å²) in [5, 5.41) is 6.57. The highest BCUT2D eigenvalue weighted by molar-refractivity contribution is 5.79. The molecule has 0 fully saturated rings. The fraction of sp³-hybridized carbons (Fsp3) is 0.333. The van der Waals surface area contributed by atoms with Crippen molar-refractivity contribution >= 4 is 11.8 Å². The van der Waals surface area contributed by atoms with Gasteiger partial charge in [0, 0.05) is 33.3 Å². The lowest BCUT2D eigenvalue weighted by molar-refractivity contribution is 0.409. The molecule has 0 radical (unpaired) electrons. The number of aromatic nitrogens is 1. The molecule has 6 heteroatoms. The van der Waals surface area contributed by atoms with Crippen molar-refractivity contribution in [1.29, 1.82) is 0 Å². The number of anilines is 1. The molecule has 0 aliphatic heterocycles. The number of ether oxygens (including phenoxy) is 1. The topological polar surface area (TPSA) is 61.8 Å². The molecule has 1 aromatic carbocycles. The number of methoxy groups -OCH3 is 1. The fourth-order valence-electron chi connectivity index (χ4n) is 2.24. The van der Waals surface area contributed by atoms with Gasteiger partial charge in [0.1, 0.15) is 11.6 Å². The van der Waals surface area contributed by atoms with E-state index in [9.17, 15) is 0 Å². The van der Waals surface area contributed by atoms with E-state index < -0.39 is 0 Å². The van der Waals surface area contributed by atoms with Crippen molar-refractivity contribution in [2.45, 2.75) is 13.1 Å². The highest BCUT2D eigenvalue weighted by Gasteiger charge is 2.04. The molecule has 0 saturated carbocycles. The normalized spacial score (nSPS) is 11.1. The number of aliphatic imine (C=N–C) groups is 1. The molecule has 1 heterocycles. The molecule has 1 aromatic heterocycles. The van der Waals surface area contributed by atoms with Gasteiger partial charge in [-0.15, -0.1) is 0 Å². The highest BCUT2D eigenvalue weighted by Crippen LogP contribution is 2.16. The lowest BCUT2D eigenvalue weighted by Gasteiger charge is -2.15. The van der Waals surface area contributed by atoms with Gasteiger partial charge >= 0.3 is 0 Å². The number of benzene rings is 1. The number of rotatable bonds is 6. The molecule has 2 N–H and O–H groups in total. The Morgan fingerprint density at radius 1 is 1.08 bits per heavy atom. The van der Waals surface area contributed by atoms with Gasteiger partial charge in [0.2, 0.25) is 0 Å². The summed E-state index contributed by atoms with van der Waals surface area (Å²) in [7, 11) is 7.39. The summed E-state index contributed by atoms with van der Waals surface area (Å²) < 4.78 is 5.36. The van der Waals surface area contributed by atoms with E-state index in [1.165, 1.54) is 0 Å². The molecule has 0 bridgehead atoms. The maximum Gasteiger partial charge on any atom is 0.191 e. The van der Waals surface area contributed by atoms with Crippen molar-refractivity contribution in [3.8, 4) is 5.75 Å². The first-order valence-corrected chi connectivity index (χ1v) is 7.83. The van der Waals surface area contributed by atoms with E-state index in [0.29, 0.717) is 13.1 Å². The largest absolute Gasteiger partial charge is 0.496 e. The SMILES string of the molecule is CN=C(NCc1cccc(N(C)C)n1)NCc1ccccc1OC. The van der Waals surface area contributed by atoms with Gasteiger partial charge in [0.05, 0.1) is 19.3 Å². The number of para-hydroxylation sites is 1. The van der Waals surface area contributed by atoms with Crippen LogP contribution in [0.25, 0.3) is 0 Å². The Morgan fingerprint density at radius 2 is 1.83 bits per heavy atom. The van der Waals surface area contributed by atoms with Crippen LogP contribution in [0.3, 0.4) is 0 Å². The molecule has 0 spiro atoms. The lowest BCUT2D eigenvalue weighted by atomic mass is 10.2. The van der Waals surface area contributed by atoms with Crippen LogP contribution in [0.2, 0.25) is 0 Å². The predicted octanol–water partition coefficient (Wildman–Crippen LogP) is 2.02. The molecular formula is C18H25N5O. The van der Waals surface area contributed by atoms with Crippen molar-refractivity contribution < 1.29 is 4.74 Å². The van der Waals surface area contributed by atoms with Crippen LogP contribution in [-0.2, 0) is 13.1 Å². The third kappa shape index (κ3) is 4.87. The molecule has 2 aromatic rings. The smallest absolute Gasteiger partial charge is 0.191 e. The molecule has 0 atom stereocenters. The quantitative estimate of drug-likeness (QED) is 0.628. The van der Waals surface area contributed by atoms with Crippen LogP contribution in [0.5, 0.6) is 5.75 Å². The first kappa shape index (κ1) is 17.6. The van der Waals surface area contributed by atoms with Gasteiger partial charge in [-0.25, -0.2) is 4.98 Å². The summed E-state index contributed by atoms with van der Waals surface area (Å²) in [4.78, 5) is 10.8. The monoisotopic (exact) mass is 327 g/mol. The van der Waals surface area contributed by atoms with Gasteiger partial charge in [0.25, 0.3) is 0 Å². The van der Waals surface area contributed by atoms with Crippen LogP contribution in [-0.4, -0.2) is 39.2 Å². The molecule has 0 amide bonds. The van der Waals surface area contributed by atoms with E-state index in [1.54, 1.807) is 14.2 Å². The first-order valence-electron chi connectivity index (χ1n) is 7.83. The molecule has 128 valence electrons. The second kappa shape index (κ2) is 8.76. The van der Waals surface area contributed by atoms with Crippen LogP contribution in [0.15, 0.2) is 47.5 Å². The molecule has 6 nitrogen and oxygen atoms in total. The molecule has 0 saturated heterocycles. The van der Waals surface area contributed by atoms with Gasteiger partial charge in [0.15, 0.2) is 5.96 Å². The van der Waals surface area contributed by atoms with Gasteiger partial charge < -0.3 is 20.3 Å². The fourth-order valence-corrected chi connectivity index (χ4v) is 2.24. The molecular weight excluding hydrogens is 302 g/mol. The van der Waals surface area contributed by atoms with Gasteiger partial charge in [-0.2, -0.15) is 0 Å². The number of nitrogens with one attached hydrogen (secondary N) is 2. The minimum absolute atomic E-state index is 0.604. The summed E-state index contributed by atoms with van der Waals surface area (Å²) in [6.45, 7) is 1.24. The van der Waals surface area contributed by atoms with Crippen LogP contribution in [0.1, 0.15) is 11.3 Å². The van der Waals surface area contributed by atoms with Gasteiger partial charge in [-0.1, -0.05) is 24.3 Å². The lowest BCUT2D eigenvalue weighted by Crippen LogP contribution is -2.36.